The lowest BCUT2D eigenvalue weighted by molar-refractivity contribution is -0.111. The van der Waals surface area contributed by atoms with Crippen molar-refractivity contribution in [3.05, 3.63) is 42.5 Å². The summed E-state index contributed by atoms with van der Waals surface area (Å²) in [4.78, 5) is 25.7. The Balaban J connectivity index is 2.07. The summed E-state index contributed by atoms with van der Waals surface area (Å²) in [7, 11) is 0. The highest BCUT2D eigenvalue weighted by atomic mass is 16.2. The summed E-state index contributed by atoms with van der Waals surface area (Å²) in [5.41, 5.74) is 1.32. The number of amides is 2. The second kappa shape index (κ2) is 6.57. The van der Waals surface area contributed by atoms with Gasteiger partial charge in [0.1, 0.15) is 0 Å². The maximum Gasteiger partial charge on any atom is 0.254 e. The topological polar surface area (TPSA) is 49.4 Å². The zero-order chi connectivity index (χ0) is 15.4. The Hall–Kier alpha value is -2.10. The third kappa shape index (κ3) is 3.72. The molecule has 0 radical (unpaired) electrons. The van der Waals surface area contributed by atoms with Crippen molar-refractivity contribution >= 4 is 17.5 Å². The number of rotatable bonds is 6. The van der Waals surface area contributed by atoms with Gasteiger partial charge in [0.25, 0.3) is 5.91 Å². The average Bonchev–Trinajstić information content (AvgIpc) is 3.33. The monoisotopic (exact) mass is 286 g/mol. The molecule has 0 bridgehead atoms. The van der Waals surface area contributed by atoms with Crippen molar-refractivity contribution in [1.82, 2.24) is 4.90 Å². The van der Waals surface area contributed by atoms with Crippen LogP contribution in [0.15, 0.2) is 36.9 Å². The maximum absolute atomic E-state index is 12.6. The molecule has 4 heteroatoms. The van der Waals surface area contributed by atoms with Gasteiger partial charge in [-0.2, -0.15) is 0 Å². The van der Waals surface area contributed by atoms with Crippen LogP contribution in [0.4, 0.5) is 5.69 Å². The molecule has 1 aromatic carbocycles. The van der Waals surface area contributed by atoms with Crippen LogP contribution in [-0.2, 0) is 4.79 Å². The average molecular weight is 286 g/mol. The minimum absolute atomic E-state index is 0.0542. The van der Waals surface area contributed by atoms with E-state index in [9.17, 15) is 9.59 Å². The highest BCUT2D eigenvalue weighted by Crippen LogP contribution is 2.35. The summed E-state index contributed by atoms with van der Waals surface area (Å²) in [6.07, 6.45) is 3.66. The molecule has 1 saturated carbocycles. The number of benzene rings is 1. The smallest absolute Gasteiger partial charge is 0.254 e. The van der Waals surface area contributed by atoms with Gasteiger partial charge in [-0.1, -0.05) is 6.58 Å². The Kier molecular flexibility index (Phi) is 4.78. The van der Waals surface area contributed by atoms with E-state index in [2.05, 4.69) is 18.8 Å². The first-order valence-electron chi connectivity index (χ1n) is 7.41. The van der Waals surface area contributed by atoms with Gasteiger partial charge in [-0.25, -0.2) is 0 Å². The molecule has 1 N–H and O–H groups in total. The number of nitrogens with zero attached hydrogens (tertiary/aromatic N) is 1. The molecule has 2 amide bonds. The predicted molar refractivity (Wildman–Crippen MR) is 84.2 cm³/mol. The molecule has 1 aromatic rings. The highest BCUT2D eigenvalue weighted by Gasteiger charge is 2.33. The van der Waals surface area contributed by atoms with Gasteiger partial charge in [0.2, 0.25) is 5.91 Å². The van der Waals surface area contributed by atoms with Crippen LogP contribution >= 0.6 is 0 Å². The quantitative estimate of drug-likeness (QED) is 0.817. The number of hydrogen-bond acceptors (Lipinski definition) is 2. The second-order valence-electron chi connectivity index (χ2n) is 5.44. The number of carbonyl (C=O) groups excluding carboxylic acids is 2. The fourth-order valence-electron chi connectivity index (χ4n) is 2.50. The van der Waals surface area contributed by atoms with Crippen LogP contribution in [-0.4, -0.2) is 29.3 Å². The largest absolute Gasteiger partial charge is 0.336 e. The normalized spacial score (nSPS) is 15.1. The lowest BCUT2D eigenvalue weighted by atomic mass is 10.1. The van der Waals surface area contributed by atoms with Gasteiger partial charge in [0.15, 0.2) is 0 Å². The van der Waals surface area contributed by atoms with Crippen LogP contribution in [0.5, 0.6) is 0 Å². The van der Waals surface area contributed by atoms with Gasteiger partial charge in [-0.15, -0.1) is 0 Å². The van der Waals surface area contributed by atoms with Crippen molar-refractivity contribution in [2.24, 2.45) is 5.92 Å². The Bertz CT molecular complexity index is 532. The molecule has 21 heavy (non-hydrogen) atoms. The van der Waals surface area contributed by atoms with Gasteiger partial charge in [0.05, 0.1) is 0 Å². The van der Waals surface area contributed by atoms with E-state index in [4.69, 9.17) is 0 Å². The lowest BCUT2D eigenvalue weighted by Crippen LogP contribution is -2.39. The zero-order valence-corrected chi connectivity index (χ0v) is 12.6. The minimum Gasteiger partial charge on any atom is -0.336 e. The van der Waals surface area contributed by atoms with Crippen molar-refractivity contribution in [3.63, 3.8) is 0 Å². The summed E-state index contributed by atoms with van der Waals surface area (Å²) < 4.78 is 0. The first-order chi connectivity index (χ1) is 10.1. The predicted octanol–water partition coefficient (Wildman–Crippen LogP) is 3.07. The molecule has 1 aliphatic rings. The first-order valence-corrected chi connectivity index (χ1v) is 7.41. The van der Waals surface area contributed by atoms with Crippen LogP contribution in [0.25, 0.3) is 0 Å². The fraction of sp³-hybridized carbons (Fsp3) is 0.412. The van der Waals surface area contributed by atoms with Gasteiger partial charge >= 0.3 is 0 Å². The second-order valence-corrected chi connectivity index (χ2v) is 5.44. The maximum atomic E-state index is 12.6. The van der Waals surface area contributed by atoms with Crippen molar-refractivity contribution in [1.29, 1.82) is 0 Å². The Morgan fingerprint density at radius 3 is 2.48 bits per heavy atom. The van der Waals surface area contributed by atoms with Crippen molar-refractivity contribution in [2.75, 3.05) is 11.9 Å². The Morgan fingerprint density at radius 2 is 2.00 bits per heavy atom. The molecule has 0 spiro atoms. The number of nitrogens with one attached hydrogen (secondary N) is 1. The van der Waals surface area contributed by atoms with Gasteiger partial charge in [-0.3, -0.25) is 9.59 Å². The lowest BCUT2D eigenvalue weighted by Gasteiger charge is -2.28. The van der Waals surface area contributed by atoms with Gasteiger partial charge in [-0.05, 0) is 62.9 Å². The molecule has 0 saturated heterocycles. The van der Waals surface area contributed by atoms with E-state index in [0.29, 0.717) is 29.8 Å². The Morgan fingerprint density at radius 1 is 1.38 bits per heavy atom. The molecule has 1 unspecified atom stereocenters. The summed E-state index contributed by atoms with van der Waals surface area (Å²) >= 11 is 0. The number of anilines is 1. The van der Waals surface area contributed by atoms with Crippen LogP contribution in [0.3, 0.4) is 0 Å². The summed E-state index contributed by atoms with van der Waals surface area (Å²) in [6.45, 7) is 8.25. The standard InChI is InChI=1S/C17H22N2O2/c1-4-16(20)18-15-10-8-14(9-11-15)17(21)19(5-2)12(3)13-6-7-13/h4,8-13H,1,5-7H2,2-3H3,(H,18,20). The summed E-state index contributed by atoms with van der Waals surface area (Å²) in [5, 5.41) is 2.67. The molecule has 112 valence electrons. The first kappa shape index (κ1) is 15.3. The van der Waals surface area contributed by atoms with E-state index in [1.54, 1.807) is 24.3 Å². The third-order valence-corrected chi connectivity index (χ3v) is 3.98. The van der Waals surface area contributed by atoms with Crippen LogP contribution in [0.1, 0.15) is 37.0 Å². The molecule has 0 aliphatic heterocycles. The molecule has 0 heterocycles. The molecule has 1 fully saturated rings. The molecule has 1 atom stereocenters. The molecular formula is C17H22N2O2. The molecule has 1 aliphatic carbocycles. The van der Waals surface area contributed by atoms with Gasteiger partial charge in [0, 0.05) is 23.8 Å². The number of hydrogen-bond donors (Lipinski definition) is 1. The minimum atomic E-state index is -0.258. The summed E-state index contributed by atoms with van der Waals surface area (Å²) in [6, 6.07) is 7.28. The van der Waals surface area contributed by atoms with E-state index in [1.165, 1.54) is 18.9 Å². The van der Waals surface area contributed by atoms with Gasteiger partial charge < -0.3 is 10.2 Å². The SMILES string of the molecule is C=CC(=O)Nc1ccc(C(=O)N(CC)C(C)C2CC2)cc1. The highest BCUT2D eigenvalue weighted by molar-refractivity contribution is 5.99. The van der Waals surface area contributed by atoms with Crippen molar-refractivity contribution in [3.8, 4) is 0 Å². The van der Waals surface area contributed by atoms with E-state index < -0.39 is 0 Å². The van der Waals surface area contributed by atoms with Crippen LogP contribution < -0.4 is 5.32 Å². The molecule has 4 nitrogen and oxygen atoms in total. The molecule has 0 aromatic heterocycles. The third-order valence-electron chi connectivity index (χ3n) is 3.98. The van der Waals surface area contributed by atoms with E-state index in [1.807, 2.05) is 11.8 Å². The molecular weight excluding hydrogens is 264 g/mol. The van der Waals surface area contributed by atoms with E-state index >= 15 is 0 Å². The van der Waals surface area contributed by atoms with Crippen LogP contribution in [0, 0.1) is 5.92 Å². The van der Waals surface area contributed by atoms with E-state index in [-0.39, 0.29) is 11.8 Å². The Labute approximate surface area is 125 Å². The molecule has 2 rings (SSSR count). The fourth-order valence-corrected chi connectivity index (χ4v) is 2.50. The van der Waals surface area contributed by atoms with Crippen molar-refractivity contribution in [2.45, 2.75) is 32.7 Å². The van der Waals surface area contributed by atoms with E-state index in [0.717, 1.165) is 0 Å². The number of carbonyl (C=O) groups is 2. The van der Waals surface area contributed by atoms with Crippen LogP contribution in [0.2, 0.25) is 0 Å². The zero-order valence-electron chi connectivity index (χ0n) is 12.6. The van der Waals surface area contributed by atoms with Crippen molar-refractivity contribution < 1.29 is 9.59 Å². The summed E-state index contributed by atoms with van der Waals surface area (Å²) in [5.74, 6) is 0.449.